The zero-order valence-corrected chi connectivity index (χ0v) is 4.87. The molecule has 9 heavy (non-hydrogen) atoms. The van der Waals surface area contributed by atoms with Crippen LogP contribution in [0.15, 0.2) is 0 Å². The van der Waals surface area contributed by atoms with Crippen molar-refractivity contribution in [2.24, 2.45) is 0 Å². The van der Waals surface area contributed by atoms with Gasteiger partial charge in [0.2, 0.25) is 0 Å². The number of imide groups is 1. The Morgan fingerprint density at radius 3 is 1.67 bits per heavy atom. The summed E-state index contributed by atoms with van der Waals surface area (Å²) >= 11 is 0. The molecule has 0 aliphatic heterocycles. The molecule has 0 fully saturated rings. The van der Waals surface area contributed by atoms with E-state index in [0.717, 1.165) is 0 Å². The smallest absolute Gasteiger partial charge is 0.416 e. The van der Waals surface area contributed by atoms with Crippen LogP contribution >= 0.6 is 0 Å². The highest BCUT2D eigenvalue weighted by Gasteiger charge is 2.15. The molecule has 0 saturated carbocycles. The van der Waals surface area contributed by atoms with E-state index < -0.39 is 12.2 Å². The van der Waals surface area contributed by atoms with Crippen LogP contribution in [0.1, 0.15) is 6.92 Å². The van der Waals surface area contributed by atoms with Gasteiger partial charge in [-0.25, -0.2) is 14.5 Å². The first kappa shape index (κ1) is 7.74. The molecule has 0 spiro atoms. The third-order valence-corrected chi connectivity index (χ3v) is 0.778. The number of hydrogen-bond donors (Lipinski definition) is 2. The fourth-order valence-corrected chi connectivity index (χ4v) is 0.352. The van der Waals surface area contributed by atoms with Gasteiger partial charge in [-0.3, -0.25) is 0 Å². The van der Waals surface area contributed by atoms with Gasteiger partial charge in [0.05, 0.1) is 0 Å². The summed E-state index contributed by atoms with van der Waals surface area (Å²) in [5.74, 6) is 0. The summed E-state index contributed by atoms with van der Waals surface area (Å²) in [6, 6.07) is 0. The molecule has 0 rings (SSSR count). The lowest BCUT2D eigenvalue weighted by Gasteiger charge is -2.08. The van der Waals surface area contributed by atoms with Gasteiger partial charge in [-0.1, -0.05) is 0 Å². The molecule has 0 aromatic carbocycles. The lowest BCUT2D eigenvalue weighted by atomic mass is 10.6. The van der Waals surface area contributed by atoms with Crippen LogP contribution in [0.3, 0.4) is 0 Å². The summed E-state index contributed by atoms with van der Waals surface area (Å²) < 4.78 is 0. The maximum atomic E-state index is 9.92. The normalized spacial score (nSPS) is 8.56. The van der Waals surface area contributed by atoms with Crippen LogP contribution in [0.5, 0.6) is 0 Å². The predicted molar refractivity (Wildman–Crippen MR) is 28.4 cm³/mol. The highest BCUT2D eigenvalue weighted by atomic mass is 16.4. The second kappa shape index (κ2) is 2.91. The van der Waals surface area contributed by atoms with Crippen molar-refractivity contribution in [1.29, 1.82) is 0 Å². The largest absolute Gasteiger partial charge is 0.465 e. The van der Waals surface area contributed by atoms with E-state index in [4.69, 9.17) is 10.2 Å². The van der Waals surface area contributed by atoms with Gasteiger partial charge in [-0.05, 0) is 6.92 Å². The molecule has 2 amide bonds. The van der Waals surface area contributed by atoms with Crippen molar-refractivity contribution in [1.82, 2.24) is 4.90 Å². The molecule has 0 aromatic rings. The molecule has 2 N–H and O–H groups in total. The van der Waals surface area contributed by atoms with Crippen molar-refractivity contribution >= 4 is 12.2 Å². The van der Waals surface area contributed by atoms with E-state index in [9.17, 15) is 9.59 Å². The molecule has 5 nitrogen and oxygen atoms in total. The summed E-state index contributed by atoms with van der Waals surface area (Å²) in [5, 5.41) is 16.2. The maximum absolute atomic E-state index is 9.92. The fourth-order valence-electron chi connectivity index (χ4n) is 0.352. The summed E-state index contributed by atoms with van der Waals surface area (Å²) in [6.07, 6.45) is -2.88. The van der Waals surface area contributed by atoms with Crippen LogP contribution in [-0.4, -0.2) is 33.8 Å². The quantitative estimate of drug-likeness (QED) is 0.550. The highest BCUT2D eigenvalue weighted by molar-refractivity contribution is 5.85. The van der Waals surface area contributed by atoms with Crippen LogP contribution in [-0.2, 0) is 0 Å². The second-order valence-corrected chi connectivity index (χ2v) is 1.31. The Kier molecular flexibility index (Phi) is 2.50. The molecular weight excluding hydrogens is 126 g/mol. The molecule has 0 saturated heterocycles. The second-order valence-electron chi connectivity index (χ2n) is 1.31. The number of carbonyl (C=O) groups is 2. The first-order valence-corrected chi connectivity index (χ1v) is 2.33. The molecule has 5 heteroatoms. The number of carboxylic acid groups (broad SMARTS) is 2. The number of nitrogens with zero attached hydrogens (tertiary/aromatic N) is 1. The molecule has 0 unspecified atom stereocenters. The van der Waals surface area contributed by atoms with Gasteiger partial charge < -0.3 is 10.2 Å². The zero-order valence-electron chi connectivity index (χ0n) is 4.87. The maximum Gasteiger partial charge on any atom is 0.416 e. The first-order chi connectivity index (χ1) is 4.09. The minimum Gasteiger partial charge on any atom is -0.465 e. The lowest BCUT2D eigenvalue weighted by molar-refractivity contribution is 0.125. The SMILES string of the molecule is CCN(C(=O)O)C(=O)O. The first-order valence-electron chi connectivity index (χ1n) is 2.33. The lowest BCUT2D eigenvalue weighted by Crippen LogP contribution is -2.33. The number of hydrogen-bond acceptors (Lipinski definition) is 2. The molecule has 0 aliphatic rings. The van der Waals surface area contributed by atoms with Gasteiger partial charge in [0.25, 0.3) is 0 Å². The summed E-state index contributed by atoms with van der Waals surface area (Å²) in [4.78, 5) is 20.1. The van der Waals surface area contributed by atoms with Crippen LogP contribution < -0.4 is 0 Å². The molecule has 0 aliphatic carbocycles. The van der Waals surface area contributed by atoms with Crippen molar-refractivity contribution in [2.45, 2.75) is 6.92 Å². The molecule has 0 radical (unpaired) electrons. The van der Waals surface area contributed by atoms with E-state index in [1.165, 1.54) is 6.92 Å². The van der Waals surface area contributed by atoms with E-state index in [-0.39, 0.29) is 6.54 Å². The van der Waals surface area contributed by atoms with Gasteiger partial charge in [0.1, 0.15) is 0 Å². The number of rotatable bonds is 1. The predicted octanol–water partition coefficient (Wildman–Crippen LogP) is 0.664. The zero-order chi connectivity index (χ0) is 7.44. The van der Waals surface area contributed by atoms with Gasteiger partial charge >= 0.3 is 12.2 Å². The van der Waals surface area contributed by atoms with Crippen molar-refractivity contribution in [3.8, 4) is 0 Å². The minimum absolute atomic E-state index is 0.0370. The monoisotopic (exact) mass is 133 g/mol. The molecule has 0 bridgehead atoms. The fraction of sp³-hybridized carbons (Fsp3) is 0.500. The molecule has 0 aromatic heterocycles. The van der Waals surface area contributed by atoms with E-state index in [0.29, 0.717) is 4.90 Å². The Hall–Kier alpha value is -1.26. The van der Waals surface area contributed by atoms with Crippen molar-refractivity contribution in [3.63, 3.8) is 0 Å². The van der Waals surface area contributed by atoms with Gasteiger partial charge in [-0.15, -0.1) is 0 Å². The summed E-state index contributed by atoms with van der Waals surface area (Å²) in [7, 11) is 0. The molecule has 0 heterocycles. The van der Waals surface area contributed by atoms with E-state index in [2.05, 4.69) is 0 Å². The molecule has 52 valence electrons. The Balaban J connectivity index is 3.99. The standard InChI is InChI=1S/C4H7NO4/c1-2-5(3(6)7)4(8)9/h2H2,1H3,(H,6,7)(H,8,9). The summed E-state index contributed by atoms with van der Waals surface area (Å²) in [5.41, 5.74) is 0. The van der Waals surface area contributed by atoms with Gasteiger partial charge in [-0.2, -0.15) is 0 Å². The highest BCUT2D eigenvalue weighted by Crippen LogP contribution is 1.87. The average molecular weight is 133 g/mol. The van der Waals surface area contributed by atoms with Crippen LogP contribution in [0.2, 0.25) is 0 Å². The Bertz CT molecular complexity index is 119. The summed E-state index contributed by atoms with van der Waals surface area (Å²) in [6.45, 7) is 1.41. The third kappa shape index (κ3) is 1.98. The average Bonchev–Trinajstić information content (AvgIpc) is 1.64. The number of amides is 2. The van der Waals surface area contributed by atoms with E-state index in [1.807, 2.05) is 0 Å². The molecule has 0 atom stereocenters. The minimum atomic E-state index is -1.44. The van der Waals surface area contributed by atoms with Crippen LogP contribution in [0, 0.1) is 0 Å². The van der Waals surface area contributed by atoms with Crippen molar-refractivity contribution < 1.29 is 19.8 Å². The third-order valence-electron chi connectivity index (χ3n) is 0.778. The van der Waals surface area contributed by atoms with E-state index >= 15 is 0 Å². The topological polar surface area (TPSA) is 77.8 Å². The van der Waals surface area contributed by atoms with Gasteiger partial charge in [0.15, 0.2) is 0 Å². The Labute approximate surface area is 51.5 Å². The molecular formula is C4H7NO4. The Morgan fingerprint density at radius 2 is 1.67 bits per heavy atom. The van der Waals surface area contributed by atoms with Crippen LogP contribution in [0.4, 0.5) is 9.59 Å². The van der Waals surface area contributed by atoms with Crippen molar-refractivity contribution in [3.05, 3.63) is 0 Å². The Morgan fingerprint density at radius 1 is 1.33 bits per heavy atom. The van der Waals surface area contributed by atoms with Gasteiger partial charge in [0, 0.05) is 6.54 Å². The van der Waals surface area contributed by atoms with Crippen LogP contribution in [0.25, 0.3) is 0 Å². The van der Waals surface area contributed by atoms with Crippen molar-refractivity contribution in [2.75, 3.05) is 6.54 Å². The van der Waals surface area contributed by atoms with E-state index in [1.54, 1.807) is 0 Å².